The van der Waals surface area contributed by atoms with Gasteiger partial charge >= 0.3 is 5.97 Å². The molecule has 1 atom stereocenters. The van der Waals surface area contributed by atoms with Gasteiger partial charge in [-0.15, -0.1) is 0 Å². The molecule has 0 amide bonds. The Labute approximate surface area is 83.0 Å². The van der Waals surface area contributed by atoms with Gasteiger partial charge in [0.25, 0.3) is 0 Å². The van der Waals surface area contributed by atoms with Crippen molar-refractivity contribution in [3.05, 3.63) is 35.9 Å². The number of carbonyl (C=O) groups is 1. The Morgan fingerprint density at radius 3 is 2.21 bits per heavy atom. The molecule has 0 bridgehead atoms. The summed E-state index contributed by atoms with van der Waals surface area (Å²) >= 11 is 0. The van der Waals surface area contributed by atoms with E-state index in [0.29, 0.717) is 5.56 Å². The summed E-state index contributed by atoms with van der Waals surface area (Å²) in [5.74, 6) is -1.01. The van der Waals surface area contributed by atoms with Crippen LogP contribution in [0.3, 0.4) is 0 Å². The van der Waals surface area contributed by atoms with Gasteiger partial charge in [-0.1, -0.05) is 30.3 Å². The van der Waals surface area contributed by atoms with Crippen LogP contribution >= 0.6 is 0 Å². The van der Waals surface area contributed by atoms with Crippen molar-refractivity contribution in [2.45, 2.75) is 20.0 Å². The summed E-state index contributed by atoms with van der Waals surface area (Å²) in [6, 6.07) is 8.81. The van der Waals surface area contributed by atoms with E-state index < -0.39 is 17.5 Å². The molecule has 1 aromatic rings. The third-order valence-corrected chi connectivity index (χ3v) is 2.35. The van der Waals surface area contributed by atoms with Gasteiger partial charge < -0.3 is 10.2 Å². The summed E-state index contributed by atoms with van der Waals surface area (Å²) in [7, 11) is 0. The fourth-order valence-corrected chi connectivity index (χ4v) is 1.17. The first-order valence-electron chi connectivity index (χ1n) is 4.42. The standard InChI is InChI=1S/C11H14O3/c1-11(2,10(13)14)9(12)8-6-4-3-5-7-8/h3-7,9,12H,1-2H3,(H,13,14). The lowest BCUT2D eigenvalue weighted by molar-refractivity contribution is -0.153. The van der Waals surface area contributed by atoms with E-state index in [1.807, 2.05) is 6.07 Å². The van der Waals surface area contributed by atoms with Crippen LogP contribution < -0.4 is 0 Å². The normalized spacial score (nSPS) is 13.6. The molecule has 0 aliphatic carbocycles. The molecule has 0 fully saturated rings. The van der Waals surface area contributed by atoms with E-state index in [-0.39, 0.29) is 0 Å². The lowest BCUT2D eigenvalue weighted by Gasteiger charge is -2.26. The largest absolute Gasteiger partial charge is 0.481 e. The molecule has 0 heterocycles. The predicted octanol–water partition coefficient (Wildman–Crippen LogP) is 1.83. The molecule has 0 radical (unpaired) electrons. The van der Waals surface area contributed by atoms with Gasteiger partial charge in [0.2, 0.25) is 0 Å². The molecule has 0 spiro atoms. The van der Waals surface area contributed by atoms with Crippen LogP contribution in [0.1, 0.15) is 25.5 Å². The third kappa shape index (κ3) is 1.93. The van der Waals surface area contributed by atoms with Crippen LogP contribution in [0.4, 0.5) is 0 Å². The Balaban J connectivity index is 2.96. The highest BCUT2D eigenvalue weighted by molar-refractivity contribution is 5.74. The van der Waals surface area contributed by atoms with E-state index >= 15 is 0 Å². The van der Waals surface area contributed by atoms with Crippen molar-refractivity contribution in [3.63, 3.8) is 0 Å². The number of aliphatic carboxylic acids is 1. The molecule has 1 aromatic carbocycles. The third-order valence-electron chi connectivity index (χ3n) is 2.35. The van der Waals surface area contributed by atoms with E-state index in [2.05, 4.69) is 0 Å². The number of carboxylic acid groups (broad SMARTS) is 1. The van der Waals surface area contributed by atoms with Crippen molar-refractivity contribution in [1.82, 2.24) is 0 Å². The van der Waals surface area contributed by atoms with Crippen LogP contribution in [-0.2, 0) is 4.79 Å². The molecular weight excluding hydrogens is 180 g/mol. The average Bonchev–Trinajstić information content (AvgIpc) is 2.17. The second-order valence-electron chi connectivity index (χ2n) is 3.84. The molecule has 1 unspecified atom stereocenters. The van der Waals surface area contributed by atoms with Gasteiger partial charge in [-0.2, -0.15) is 0 Å². The fourth-order valence-electron chi connectivity index (χ4n) is 1.17. The Hall–Kier alpha value is -1.35. The van der Waals surface area contributed by atoms with Crippen LogP contribution in [0, 0.1) is 5.41 Å². The number of hydrogen-bond donors (Lipinski definition) is 2. The molecule has 0 aliphatic heterocycles. The molecule has 0 aliphatic rings. The Bertz CT molecular complexity index is 317. The van der Waals surface area contributed by atoms with Gasteiger partial charge in [-0.25, -0.2) is 0 Å². The highest BCUT2D eigenvalue weighted by atomic mass is 16.4. The maximum Gasteiger partial charge on any atom is 0.312 e. The first kappa shape index (κ1) is 10.7. The van der Waals surface area contributed by atoms with E-state index in [4.69, 9.17) is 5.11 Å². The smallest absolute Gasteiger partial charge is 0.312 e. The van der Waals surface area contributed by atoms with Crippen molar-refractivity contribution in [2.75, 3.05) is 0 Å². The number of carboxylic acids is 1. The number of benzene rings is 1. The van der Waals surface area contributed by atoms with E-state index in [1.165, 1.54) is 13.8 Å². The zero-order valence-corrected chi connectivity index (χ0v) is 8.27. The first-order chi connectivity index (χ1) is 6.46. The Kier molecular flexibility index (Phi) is 2.91. The highest BCUT2D eigenvalue weighted by Crippen LogP contribution is 2.33. The minimum Gasteiger partial charge on any atom is -0.481 e. The summed E-state index contributed by atoms with van der Waals surface area (Å²) in [4.78, 5) is 10.9. The molecule has 2 N–H and O–H groups in total. The van der Waals surface area contributed by atoms with Gasteiger partial charge in [0, 0.05) is 0 Å². The maximum atomic E-state index is 10.9. The maximum absolute atomic E-state index is 10.9. The van der Waals surface area contributed by atoms with Crippen molar-refractivity contribution < 1.29 is 15.0 Å². The number of aliphatic hydroxyl groups excluding tert-OH is 1. The molecule has 76 valence electrons. The molecule has 0 saturated carbocycles. The molecule has 3 nitrogen and oxygen atoms in total. The molecule has 0 saturated heterocycles. The molecule has 3 heteroatoms. The average molecular weight is 194 g/mol. The van der Waals surface area contributed by atoms with Crippen molar-refractivity contribution >= 4 is 5.97 Å². The van der Waals surface area contributed by atoms with Crippen LogP contribution in [0.25, 0.3) is 0 Å². The van der Waals surface area contributed by atoms with Crippen LogP contribution in [0.2, 0.25) is 0 Å². The lowest BCUT2D eigenvalue weighted by Crippen LogP contribution is -2.31. The quantitative estimate of drug-likeness (QED) is 0.771. The summed E-state index contributed by atoms with van der Waals surface area (Å²) in [5, 5.41) is 18.8. The number of aliphatic hydroxyl groups is 1. The lowest BCUT2D eigenvalue weighted by atomic mass is 9.83. The summed E-state index contributed by atoms with van der Waals surface area (Å²) in [5.41, 5.74) is -0.540. The predicted molar refractivity (Wildman–Crippen MR) is 52.8 cm³/mol. The van der Waals surface area contributed by atoms with Gasteiger partial charge in [0.15, 0.2) is 0 Å². The van der Waals surface area contributed by atoms with E-state index in [1.54, 1.807) is 24.3 Å². The first-order valence-corrected chi connectivity index (χ1v) is 4.42. The van der Waals surface area contributed by atoms with Crippen molar-refractivity contribution in [2.24, 2.45) is 5.41 Å². The van der Waals surface area contributed by atoms with Gasteiger partial charge in [0.05, 0.1) is 11.5 Å². The Morgan fingerprint density at radius 1 is 1.29 bits per heavy atom. The molecule has 14 heavy (non-hydrogen) atoms. The second-order valence-corrected chi connectivity index (χ2v) is 3.84. The Morgan fingerprint density at radius 2 is 1.79 bits per heavy atom. The zero-order chi connectivity index (χ0) is 10.8. The van der Waals surface area contributed by atoms with Gasteiger partial charge in [0.1, 0.15) is 0 Å². The van der Waals surface area contributed by atoms with Crippen molar-refractivity contribution in [1.29, 1.82) is 0 Å². The van der Waals surface area contributed by atoms with Gasteiger partial charge in [-0.3, -0.25) is 4.79 Å². The van der Waals surface area contributed by atoms with Crippen molar-refractivity contribution in [3.8, 4) is 0 Å². The van der Waals surface area contributed by atoms with E-state index in [0.717, 1.165) is 0 Å². The number of hydrogen-bond acceptors (Lipinski definition) is 2. The van der Waals surface area contributed by atoms with Crippen LogP contribution in [-0.4, -0.2) is 16.2 Å². The molecule has 1 rings (SSSR count). The molecular formula is C11H14O3. The van der Waals surface area contributed by atoms with Gasteiger partial charge in [-0.05, 0) is 19.4 Å². The topological polar surface area (TPSA) is 57.5 Å². The highest BCUT2D eigenvalue weighted by Gasteiger charge is 2.36. The minimum atomic E-state index is -1.17. The fraction of sp³-hybridized carbons (Fsp3) is 0.364. The number of rotatable bonds is 3. The SMILES string of the molecule is CC(C)(C(=O)O)C(O)c1ccccc1. The summed E-state index contributed by atoms with van der Waals surface area (Å²) < 4.78 is 0. The monoisotopic (exact) mass is 194 g/mol. The van der Waals surface area contributed by atoms with E-state index in [9.17, 15) is 9.90 Å². The molecule has 0 aromatic heterocycles. The van der Waals surface area contributed by atoms with Crippen LogP contribution in [0.15, 0.2) is 30.3 Å². The second kappa shape index (κ2) is 3.80. The zero-order valence-electron chi connectivity index (χ0n) is 8.27. The summed E-state index contributed by atoms with van der Waals surface area (Å²) in [6.07, 6.45) is -0.985. The minimum absolute atomic E-state index is 0.625. The summed E-state index contributed by atoms with van der Waals surface area (Å²) in [6.45, 7) is 3.01. The van der Waals surface area contributed by atoms with Crippen LogP contribution in [0.5, 0.6) is 0 Å².